The molecule has 0 atom stereocenters. The molecule has 0 aliphatic carbocycles. The van der Waals surface area contributed by atoms with E-state index in [0.29, 0.717) is 13.1 Å². The minimum absolute atomic E-state index is 0.134. The Morgan fingerprint density at radius 2 is 2.40 bits per heavy atom. The maximum absolute atomic E-state index is 13.0. The van der Waals surface area contributed by atoms with Gasteiger partial charge >= 0.3 is 0 Å². The minimum atomic E-state index is -1.19. The van der Waals surface area contributed by atoms with E-state index >= 15 is 0 Å². The van der Waals surface area contributed by atoms with Gasteiger partial charge in [0.2, 0.25) is 5.91 Å². The van der Waals surface area contributed by atoms with Crippen LogP contribution < -0.4 is 10.6 Å². The second kappa shape index (κ2) is 2.54. The van der Waals surface area contributed by atoms with Crippen LogP contribution >= 0.6 is 0 Å². The highest BCUT2D eigenvalue weighted by Gasteiger charge is 2.36. The number of amides is 1. The Hall–Kier alpha value is -0.640. The molecule has 10 heavy (non-hydrogen) atoms. The molecule has 1 amide bonds. The van der Waals surface area contributed by atoms with Gasteiger partial charge in [-0.1, -0.05) is 0 Å². The largest absolute Gasteiger partial charge is 0.353 e. The van der Waals surface area contributed by atoms with Crippen LogP contribution in [0.4, 0.5) is 4.39 Å². The monoisotopic (exact) mass is 146 g/mol. The summed E-state index contributed by atoms with van der Waals surface area (Å²) in [5.41, 5.74) is -1.19. The molecule has 0 radical (unpaired) electrons. The first-order valence-corrected chi connectivity index (χ1v) is 3.26. The van der Waals surface area contributed by atoms with E-state index in [2.05, 4.69) is 10.6 Å². The molecule has 0 aromatic carbocycles. The van der Waals surface area contributed by atoms with Gasteiger partial charge in [0.1, 0.15) is 0 Å². The Morgan fingerprint density at radius 3 is 2.70 bits per heavy atom. The van der Waals surface area contributed by atoms with Crippen molar-refractivity contribution in [3.05, 3.63) is 0 Å². The fourth-order valence-electron chi connectivity index (χ4n) is 0.804. The molecule has 1 aliphatic heterocycles. The van der Waals surface area contributed by atoms with Gasteiger partial charge in [-0.25, -0.2) is 4.39 Å². The fourth-order valence-corrected chi connectivity index (χ4v) is 0.804. The van der Waals surface area contributed by atoms with Crippen molar-refractivity contribution in [1.29, 1.82) is 0 Å². The van der Waals surface area contributed by atoms with Crippen LogP contribution in [0.5, 0.6) is 0 Å². The van der Waals surface area contributed by atoms with E-state index in [9.17, 15) is 9.18 Å². The van der Waals surface area contributed by atoms with Crippen LogP contribution in [0, 0.1) is 0 Å². The Morgan fingerprint density at radius 1 is 1.80 bits per heavy atom. The molecule has 3 nitrogen and oxygen atoms in total. The summed E-state index contributed by atoms with van der Waals surface area (Å²) in [5.74, 6) is -0.177. The van der Waals surface area contributed by atoms with E-state index < -0.39 is 5.67 Å². The zero-order valence-corrected chi connectivity index (χ0v) is 5.91. The molecule has 0 aromatic rings. The van der Waals surface area contributed by atoms with Crippen LogP contribution in [0.1, 0.15) is 6.92 Å². The lowest BCUT2D eigenvalue weighted by atomic mass is 10.00. The van der Waals surface area contributed by atoms with Crippen LogP contribution in [0.15, 0.2) is 0 Å². The van der Waals surface area contributed by atoms with E-state index in [0.717, 1.165) is 0 Å². The first-order chi connectivity index (χ1) is 4.62. The van der Waals surface area contributed by atoms with Crippen molar-refractivity contribution in [3.8, 4) is 0 Å². The molecule has 58 valence electrons. The molecular weight excluding hydrogens is 135 g/mol. The van der Waals surface area contributed by atoms with Gasteiger partial charge in [0, 0.05) is 20.0 Å². The van der Waals surface area contributed by atoms with Crippen molar-refractivity contribution in [3.63, 3.8) is 0 Å². The van der Waals surface area contributed by atoms with Crippen molar-refractivity contribution >= 4 is 5.91 Å². The number of hydrogen-bond acceptors (Lipinski definition) is 2. The van der Waals surface area contributed by atoms with Crippen molar-refractivity contribution in [2.45, 2.75) is 12.6 Å². The highest BCUT2D eigenvalue weighted by Crippen LogP contribution is 2.14. The normalized spacial score (nSPS) is 21.4. The summed E-state index contributed by atoms with van der Waals surface area (Å²) < 4.78 is 13.0. The predicted octanol–water partition coefficient (Wildman–Crippen LogP) is -0.566. The fraction of sp³-hybridized carbons (Fsp3) is 0.833. The van der Waals surface area contributed by atoms with Crippen LogP contribution in [0.25, 0.3) is 0 Å². The molecule has 0 bridgehead atoms. The molecule has 0 saturated carbocycles. The maximum atomic E-state index is 13.0. The van der Waals surface area contributed by atoms with Crippen molar-refractivity contribution < 1.29 is 9.18 Å². The van der Waals surface area contributed by atoms with Gasteiger partial charge < -0.3 is 10.6 Å². The van der Waals surface area contributed by atoms with E-state index in [1.54, 1.807) is 0 Å². The smallest absolute Gasteiger partial charge is 0.216 e. The standard InChI is InChI=1S/C6H11FN2O/c1-5(10)9-4-6(7)2-8-3-6/h8H,2-4H2,1H3,(H,9,10). The summed E-state index contributed by atoms with van der Waals surface area (Å²) in [6.07, 6.45) is 0. The van der Waals surface area contributed by atoms with Crippen LogP contribution in [-0.4, -0.2) is 31.2 Å². The number of carbonyl (C=O) groups is 1. The first-order valence-electron chi connectivity index (χ1n) is 3.26. The quantitative estimate of drug-likeness (QED) is 0.548. The number of halogens is 1. The highest BCUT2D eigenvalue weighted by atomic mass is 19.1. The molecule has 1 fully saturated rings. The van der Waals surface area contributed by atoms with E-state index in [-0.39, 0.29) is 12.5 Å². The zero-order valence-electron chi connectivity index (χ0n) is 5.91. The Balaban J connectivity index is 2.18. The lowest BCUT2D eigenvalue weighted by molar-refractivity contribution is -0.119. The molecule has 1 rings (SSSR count). The molecule has 0 aromatic heterocycles. The number of rotatable bonds is 2. The number of carbonyl (C=O) groups excluding carboxylic acids is 1. The van der Waals surface area contributed by atoms with Crippen molar-refractivity contribution in [2.75, 3.05) is 19.6 Å². The molecule has 0 unspecified atom stereocenters. The van der Waals surface area contributed by atoms with Gasteiger partial charge in [-0.15, -0.1) is 0 Å². The average molecular weight is 146 g/mol. The number of alkyl halides is 1. The highest BCUT2D eigenvalue weighted by molar-refractivity contribution is 5.72. The summed E-state index contributed by atoms with van der Waals surface area (Å²) in [6.45, 7) is 2.23. The Bertz CT molecular complexity index is 145. The minimum Gasteiger partial charge on any atom is -0.353 e. The zero-order chi connectivity index (χ0) is 7.61. The van der Waals surface area contributed by atoms with E-state index in [1.807, 2.05) is 0 Å². The molecular formula is C6H11FN2O. The van der Waals surface area contributed by atoms with Gasteiger partial charge in [0.05, 0.1) is 6.54 Å². The van der Waals surface area contributed by atoms with E-state index in [1.165, 1.54) is 6.92 Å². The first kappa shape index (κ1) is 7.47. The van der Waals surface area contributed by atoms with Gasteiger partial charge in [0.25, 0.3) is 0 Å². The van der Waals surface area contributed by atoms with Crippen molar-refractivity contribution in [1.82, 2.24) is 10.6 Å². The van der Waals surface area contributed by atoms with Gasteiger partial charge in [0.15, 0.2) is 5.67 Å². The average Bonchev–Trinajstić information content (AvgIpc) is 1.79. The van der Waals surface area contributed by atoms with Crippen molar-refractivity contribution in [2.24, 2.45) is 0 Å². The van der Waals surface area contributed by atoms with Gasteiger partial charge in [-0.3, -0.25) is 4.79 Å². The molecule has 0 spiro atoms. The van der Waals surface area contributed by atoms with Gasteiger partial charge in [-0.05, 0) is 0 Å². The third kappa shape index (κ3) is 1.67. The summed E-state index contributed by atoms with van der Waals surface area (Å²) in [7, 11) is 0. The van der Waals surface area contributed by atoms with E-state index in [4.69, 9.17) is 0 Å². The summed E-state index contributed by atoms with van der Waals surface area (Å²) in [5, 5.41) is 5.23. The third-order valence-corrected chi connectivity index (χ3v) is 1.54. The molecule has 1 aliphatic rings. The second-order valence-electron chi connectivity index (χ2n) is 2.66. The Kier molecular flexibility index (Phi) is 1.89. The molecule has 1 heterocycles. The summed E-state index contributed by atoms with van der Waals surface area (Å²) in [6, 6.07) is 0. The van der Waals surface area contributed by atoms with Crippen LogP contribution in [0.2, 0.25) is 0 Å². The van der Waals surface area contributed by atoms with Crippen LogP contribution in [0.3, 0.4) is 0 Å². The predicted molar refractivity (Wildman–Crippen MR) is 35.4 cm³/mol. The second-order valence-corrected chi connectivity index (χ2v) is 2.66. The SMILES string of the molecule is CC(=O)NCC1(F)CNC1. The lowest BCUT2D eigenvalue weighted by Crippen LogP contribution is -2.61. The third-order valence-electron chi connectivity index (χ3n) is 1.54. The number of hydrogen-bond donors (Lipinski definition) is 2. The topological polar surface area (TPSA) is 41.1 Å². The summed E-state index contributed by atoms with van der Waals surface area (Å²) in [4.78, 5) is 10.3. The molecule has 4 heteroatoms. The molecule has 1 saturated heterocycles. The lowest BCUT2D eigenvalue weighted by Gasteiger charge is -2.34. The maximum Gasteiger partial charge on any atom is 0.216 e. The molecule has 2 N–H and O–H groups in total. The number of nitrogens with one attached hydrogen (secondary N) is 2. The Labute approximate surface area is 59.0 Å². The van der Waals surface area contributed by atoms with Gasteiger partial charge in [-0.2, -0.15) is 0 Å². The summed E-state index contributed by atoms with van der Waals surface area (Å²) >= 11 is 0. The van der Waals surface area contributed by atoms with Crippen LogP contribution in [-0.2, 0) is 4.79 Å².